The van der Waals surface area contributed by atoms with E-state index in [0.717, 1.165) is 6.20 Å². The topological polar surface area (TPSA) is 85.5 Å². The Morgan fingerprint density at radius 1 is 1.47 bits per heavy atom. The van der Waals surface area contributed by atoms with E-state index in [1.54, 1.807) is 19.1 Å². The van der Waals surface area contributed by atoms with Crippen LogP contribution in [-0.2, 0) is 0 Å². The first-order chi connectivity index (χ1) is 8.99. The molecule has 7 heteroatoms. The standard InChI is InChI=1S/C12H9BrN2O4/c1-7-10(15(17)18)6-14-12(11(7)13)19-9-4-2-3-8(16)5-9/h2-6,16H,1H3. The van der Waals surface area contributed by atoms with Crippen molar-refractivity contribution in [1.82, 2.24) is 4.98 Å². The molecule has 1 aromatic carbocycles. The van der Waals surface area contributed by atoms with Crippen LogP contribution in [0.25, 0.3) is 0 Å². The van der Waals surface area contributed by atoms with E-state index in [1.807, 2.05) is 0 Å². The van der Waals surface area contributed by atoms with Gasteiger partial charge in [-0.05, 0) is 35.0 Å². The summed E-state index contributed by atoms with van der Waals surface area (Å²) in [6.07, 6.45) is 1.14. The van der Waals surface area contributed by atoms with Gasteiger partial charge in [-0.1, -0.05) is 6.07 Å². The van der Waals surface area contributed by atoms with Gasteiger partial charge in [0.05, 0.1) is 9.40 Å². The number of halogens is 1. The number of pyridine rings is 1. The normalized spacial score (nSPS) is 10.2. The van der Waals surface area contributed by atoms with Gasteiger partial charge in [0, 0.05) is 11.6 Å². The minimum atomic E-state index is -0.509. The second-order valence-electron chi connectivity index (χ2n) is 3.74. The van der Waals surface area contributed by atoms with Crippen LogP contribution in [0.3, 0.4) is 0 Å². The van der Waals surface area contributed by atoms with E-state index in [4.69, 9.17) is 4.74 Å². The number of rotatable bonds is 3. The van der Waals surface area contributed by atoms with Crippen LogP contribution in [0.1, 0.15) is 5.56 Å². The maximum Gasteiger partial charge on any atom is 0.291 e. The van der Waals surface area contributed by atoms with Gasteiger partial charge in [-0.3, -0.25) is 10.1 Å². The van der Waals surface area contributed by atoms with Gasteiger partial charge in [-0.15, -0.1) is 0 Å². The third-order valence-electron chi connectivity index (χ3n) is 2.43. The molecule has 0 saturated carbocycles. The molecule has 0 fully saturated rings. The third-order valence-corrected chi connectivity index (χ3v) is 3.37. The highest BCUT2D eigenvalue weighted by Crippen LogP contribution is 2.34. The Balaban J connectivity index is 2.37. The van der Waals surface area contributed by atoms with Gasteiger partial charge in [-0.2, -0.15) is 0 Å². The number of ether oxygens (including phenoxy) is 1. The van der Waals surface area contributed by atoms with E-state index in [0.29, 0.717) is 15.8 Å². The van der Waals surface area contributed by atoms with E-state index >= 15 is 0 Å². The molecule has 0 spiro atoms. The van der Waals surface area contributed by atoms with Crippen LogP contribution in [0.15, 0.2) is 34.9 Å². The zero-order chi connectivity index (χ0) is 14.0. The van der Waals surface area contributed by atoms with Crippen LogP contribution < -0.4 is 4.74 Å². The van der Waals surface area contributed by atoms with Gasteiger partial charge in [0.2, 0.25) is 5.88 Å². The van der Waals surface area contributed by atoms with E-state index in [1.165, 1.54) is 12.1 Å². The molecule has 0 atom stereocenters. The molecule has 2 aromatic rings. The minimum Gasteiger partial charge on any atom is -0.508 e. The zero-order valence-electron chi connectivity index (χ0n) is 9.83. The number of aromatic nitrogens is 1. The second-order valence-corrected chi connectivity index (χ2v) is 4.54. The maximum absolute atomic E-state index is 10.8. The monoisotopic (exact) mass is 324 g/mol. The summed E-state index contributed by atoms with van der Waals surface area (Å²) in [7, 11) is 0. The number of nitro groups is 1. The summed E-state index contributed by atoms with van der Waals surface area (Å²) >= 11 is 3.22. The number of aromatic hydroxyl groups is 1. The van der Waals surface area contributed by atoms with Crippen LogP contribution in [0.2, 0.25) is 0 Å². The van der Waals surface area contributed by atoms with Gasteiger partial charge in [0.25, 0.3) is 5.69 Å². The predicted octanol–water partition coefficient (Wildman–Crippen LogP) is 3.56. The van der Waals surface area contributed by atoms with Crippen molar-refractivity contribution in [1.29, 1.82) is 0 Å². The summed E-state index contributed by atoms with van der Waals surface area (Å²) < 4.78 is 5.87. The fraction of sp³-hybridized carbons (Fsp3) is 0.0833. The van der Waals surface area contributed by atoms with Gasteiger partial charge in [-0.25, -0.2) is 4.98 Å². The SMILES string of the molecule is Cc1c([N+](=O)[O-])cnc(Oc2cccc(O)c2)c1Br. The Bertz CT molecular complexity index is 646. The molecular weight excluding hydrogens is 316 g/mol. The van der Waals surface area contributed by atoms with Gasteiger partial charge >= 0.3 is 0 Å². The minimum absolute atomic E-state index is 0.0623. The molecule has 0 aliphatic heterocycles. The Labute approximate surface area is 117 Å². The lowest BCUT2D eigenvalue weighted by Gasteiger charge is -2.08. The second kappa shape index (κ2) is 5.23. The fourth-order valence-electron chi connectivity index (χ4n) is 1.46. The molecule has 0 radical (unpaired) electrons. The van der Waals surface area contributed by atoms with Crippen LogP contribution >= 0.6 is 15.9 Å². The third kappa shape index (κ3) is 2.82. The van der Waals surface area contributed by atoms with Crippen LogP contribution in [0.4, 0.5) is 5.69 Å². The molecule has 6 nitrogen and oxygen atoms in total. The quantitative estimate of drug-likeness (QED) is 0.689. The average Bonchev–Trinajstić information content (AvgIpc) is 2.35. The molecule has 0 aliphatic carbocycles. The van der Waals surface area contributed by atoms with E-state index in [2.05, 4.69) is 20.9 Å². The fourth-order valence-corrected chi connectivity index (χ4v) is 1.85. The molecule has 0 amide bonds. The van der Waals surface area contributed by atoms with Crippen LogP contribution in [0.5, 0.6) is 17.4 Å². The number of benzene rings is 1. The Morgan fingerprint density at radius 3 is 2.84 bits per heavy atom. The Morgan fingerprint density at radius 2 is 2.21 bits per heavy atom. The summed E-state index contributed by atoms with van der Waals surface area (Å²) in [6.45, 7) is 1.60. The van der Waals surface area contributed by atoms with Crippen LogP contribution in [-0.4, -0.2) is 15.0 Å². The van der Waals surface area contributed by atoms with Gasteiger partial charge < -0.3 is 9.84 Å². The first-order valence-electron chi connectivity index (χ1n) is 5.25. The lowest BCUT2D eigenvalue weighted by molar-refractivity contribution is -0.385. The number of hydrogen-bond donors (Lipinski definition) is 1. The maximum atomic E-state index is 10.8. The number of hydrogen-bond acceptors (Lipinski definition) is 5. The molecule has 0 saturated heterocycles. The highest BCUT2D eigenvalue weighted by Gasteiger charge is 2.18. The highest BCUT2D eigenvalue weighted by molar-refractivity contribution is 9.10. The van der Waals surface area contributed by atoms with Crippen molar-refractivity contribution in [3.8, 4) is 17.4 Å². The lowest BCUT2D eigenvalue weighted by Crippen LogP contribution is -1.97. The summed E-state index contributed by atoms with van der Waals surface area (Å²) in [5.74, 6) is 0.655. The van der Waals surface area contributed by atoms with E-state index in [9.17, 15) is 15.2 Å². The molecule has 0 aliphatic rings. The summed E-state index contributed by atoms with van der Waals surface area (Å²) in [5, 5.41) is 20.1. The molecule has 1 aromatic heterocycles. The van der Waals surface area contributed by atoms with Crippen molar-refractivity contribution in [2.45, 2.75) is 6.92 Å². The molecule has 2 rings (SSSR count). The predicted molar refractivity (Wildman–Crippen MR) is 71.5 cm³/mol. The average molecular weight is 325 g/mol. The molecule has 98 valence electrons. The summed E-state index contributed by atoms with van der Waals surface area (Å²) in [6, 6.07) is 6.20. The van der Waals surface area contributed by atoms with Crippen LogP contribution in [0, 0.1) is 17.0 Å². The van der Waals surface area contributed by atoms with E-state index < -0.39 is 4.92 Å². The largest absolute Gasteiger partial charge is 0.508 e. The smallest absolute Gasteiger partial charge is 0.291 e. The highest BCUT2D eigenvalue weighted by atomic mass is 79.9. The summed E-state index contributed by atoms with van der Waals surface area (Å²) in [4.78, 5) is 14.1. The number of phenols is 1. The molecule has 1 N–H and O–H groups in total. The molecule has 0 bridgehead atoms. The van der Waals surface area contributed by atoms with Crippen molar-refractivity contribution in [3.63, 3.8) is 0 Å². The molecular formula is C12H9BrN2O4. The van der Waals surface area contributed by atoms with Gasteiger partial charge in [0.15, 0.2) is 0 Å². The van der Waals surface area contributed by atoms with Crippen molar-refractivity contribution in [3.05, 3.63) is 50.6 Å². The zero-order valence-corrected chi connectivity index (χ0v) is 11.4. The molecule has 1 heterocycles. The lowest BCUT2D eigenvalue weighted by atomic mass is 10.2. The first kappa shape index (κ1) is 13.3. The summed E-state index contributed by atoms with van der Waals surface area (Å²) in [5.41, 5.74) is 0.338. The number of phenolic OH excluding ortho intramolecular Hbond substituents is 1. The molecule has 19 heavy (non-hydrogen) atoms. The van der Waals surface area contributed by atoms with Crippen molar-refractivity contribution >= 4 is 21.6 Å². The van der Waals surface area contributed by atoms with E-state index in [-0.39, 0.29) is 17.3 Å². The van der Waals surface area contributed by atoms with Crippen molar-refractivity contribution in [2.24, 2.45) is 0 Å². The number of nitrogens with zero attached hydrogens (tertiary/aromatic N) is 2. The van der Waals surface area contributed by atoms with Crippen molar-refractivity contribution in [2.75, 3.05) is 0 Å². The Kier molecular flexibility index (Phi) is 3.66. The van der Waals surface area contributed by atoms with Gasteiger partial charge in [0.1, 0.15) is 17.7 Å². The first-order valence-corrected chi connectivity index (χ1v) is 6.04. The Hall–Kier alpha value is -2.15. The molecule has 0 unspecified atom stereocenters. The van der Waals surface area contributed by atoms with Crippen molar-refractivity contribution < 1.29 is 14.8 Å².